The van der Waals surface area contributed by atoms with E-state index in [1.807, 2.05) is 0 Å². The Bertz CT molecular complexity index is 940. The van der Waals surface area contributed by atoms with Crippen LogP contribution < -0.4 is 0 Å². The van der Waals surface area contributed by atoms with Crippen molar-refractivity contribution in [2.24, 2.45) is 0 Å². The van der Waals surface area contributed by atoms with Crippen molar-refractivity contribution < 1.29 is 0 Å². The Hall–Kier alpha value is -1.89. The van der Waals surface area contributed by atoms with Crippen molar-refractivity contribution in [2.45, 2.75) is 60.8 Å². The summed E-state index contributed by atoms with van der Waals surface area (Å²) in [5.41, 5.74) is 10.5. The number of hydrogen-bond acceptors (Lipinski definition) is 1. The number of rotatable bonds is 0. The van der Waals surface area contributed by atoms with Gasteiger partial charge in [-0.15, -0.1) is 0 Å². The number of fused-ring (bicyclic) bond motifs is 2. The van der Waals surface area contributed by atoms with Crippen LogP contribution >= 0.6 is 0 Å². The van der Waals surface area contributed by atoms with Gasteiger partial charge in [0.25, 0.3) is 0 Å². The second kappa shape index (κ2) is 5.06. The van der Waals surface area contributed by atoms with Crippen LogP contribution in [0.15, 0.2) is 18.2 Å². The Kier molecular flexibility index (Phi) is 3.51. The topological polar surface area (TPSA) is 12.9 Å². The van der Waals surface area contributed by atoms with Crippen molar-refractivity contribution in [1.29, 1.82) is 0 Å². The molecule has 0 spiro atoms. The largest absolute Gasteiger partial charge is 0.247 e. The molecule has 2 aromatic carbocycles. The molecule has 3 aromatic rings. The van der Waals surface area contributed by atoms with E-state index in [1.165, 1.54) is 44.2 Å². The van der Waals surface area contributed by atoms with Gasteiger partial charge in [0.15, 0.2) is 0 Å². The Labute approximate surface area is 139 Å². The highest BCUT2D eigenvalue weighted by Gasteiger charge is 2.24. The maximum atomic E-state index is 5.06. The lowest BCUT2D eigenvalue weighted by molar-refractivity contribution is 0.600. The van der Waals surface area contributed by atoms with Gasteiger partial charge < -0.3 is 0 Å². The molecule has 1 heterocycles. The lowest BCUT2D eigenvalue weighted by Crippen LogP contribution is -2.14. The van der Waals surface area contributed by atoms with Crippen LogP contribution in [0.2, 0.25) is 0 Å². The Morgan fingerprint density at radius 2 is 1.43 bits per heavy atom. The van der Waals surface area contributed by atoms with E-state index in [4.69, 9.17) is 4.98 Å². The molecule has 0 radical (unpaired) electrons. The first kappa shape index (κ1) is 16.0. The highest BCUT2D eigenvalue weighted by molar-refractivity contribution is 6.02. The second-order valence-corrected chi connectivity index (χ2v) is 7.98. The molecule has 0 saturated carbocycles. The molecule has 3 rings (SSSR count). The maximum absolute atomic E-state index is 5.06. The molecule has 0 amide bonds. The predicted octanol–water partition coefficient (Wildman–Crippen LogP) is 6.23. The summed E-state index contributed by atoms with van der Waals surface area (Å²) in [5.74, 6) is 0. The van der Waals surface area contributed by atoms with E-state index in [2.05, 4.69) is 73.6 Å². The first-order valence-electron chi connectivity index (χ1n) is 8.44. The summed E-state index contributed by atoms with van der Waals surface area (Å²) in [4.78, 5) is 5.06. The number of aryl methyl sites for hydroxylation is 4. The molecule has 1 aromatic heterocycles. The van der Waals surface area contributed by atoms with Crippen molar-refractivity contribution in [3.63, 3.8) is 0 Å². The van der Waals surface area contributed by atoms with Crippen molar-refractivity contribution in [2.75, 3.05) is 0 Å². The fourth-order valence-corrected chi connectivity index (χ4v) is 3.65. The van der Waals surface area contributed by atoms with E-state index in [9.17, 15) is 0 Å². The van der Waals surface area contributed by atoms with Crippen LogP contribution in [0.3, 0.4) is 0 Å². The van der Waals surface area contributed by atoms with Crippen LogP contribution in [-0.2, 0) is 5.41 Å². The summed E-state index contributed by atoms with van der Waals surface area (Å²) in [7, 11) is 0. The minimum absolute atomic E-state index is 0.0755. The van der Waals surface area contributed by atoms with Gasteiger partial charge in [-0.2, -0.15) is 0 Å². The molecule has 0 aliphatic heterocycles. The lowest BCUT2D eigenvalue weighted by atomic mass is 9.79. The van der Waals surface area contributed by atoms with Crippen molar-refractivity contribution in [3.05, 3.63) is 51.6 Å². The molecule has 1 heteroatoms. The average molecular weight is 305 g/mol. The molecule has 0 atom stereocenters. The van der Waals surface area contributed by atoms with E-state index in [-0.39, 0.29) is 5.41 Å². The van der Waals surface area contributed by atoms with E-state index >= 15 is 0 Å². The predicted molar refractivity (Wildman–Crippen MR) is 102 cm³/mol. The third kappa shape index (κ3) is 2.34. The molecule has 0 saturated heterocycles. The SMILES string of the molecule is Cc1cc2c(C(C)(C)C)c3c(C)c(C)ccc3nc2c(C)c1C. The van der Waals surface area contributed by atoms with Gasteiger partial charge in [-0.05, 0) is 85.5 Å². The molecule has 120 valence electrons. The molecule has 0 N–H and O–H groups in total. The molecule has 23 heavy (non-hydrogen) atoms. The number of pyridine rings is 1. The molecule has 0 bridgehead atoms. The van der Waals surface area contributed by atoms with Crippen LogP contribution in [0.4, 0.5) is 0 Å². The van der Waals surface area contributed by atoms with Gasteiger partial charge >= 0.3 is 0 Å². The third-order valence-corrected chi connectivity index (χ3v) is 5.34. The van der Waals surface area contributed by atoms with Crippen molar-refractivity contribution in [3.8, 4) is 0 Å². The van der Waals surface area contributed by atoms with E-state index < -0.39 is 0 Å². The van der Waals surface area contributed by atoms with Crippen LogP contribution in [0.25, 0.3) is 21.8 Å². The summed E-state index contributed by atoms with van der Waals surface area (Å²) in [6.07, 6.45) is 0. The average Bonchev–Trinajstić information content (AvgIpc) is 2.46. The zero-order valence-corrected chi connectivity index (χ0v) is 15.7. The molecular weight excluding hydrogens is 278 g/mol. The fourth-order valence-electron chi connectivity index (χ4n) is 3.65. The quantitative estimate of drug-likeness (QED) is 0.449. The molecular formula is C22H27N. The van der Waals surface area contributed by atoms with E-state index in [1.54, 1.807) is 0 Å². The molecule has 1 nitrogen and oxygen atoms in total. The van der Waals surface area contributed by atoms with Crippen LogP contribution in [-0.4, -0.2) is 4.98 Å². The second-order valence-electron chi connectivity index (χ2n) is 7.98. The van der Waals surface area contributed by atoms with Gasteiger partial charge in [-0.25, -0.2) is 4.98 Å². The Balaban J connectivity index is 2.69. The smallest absolute Gasteiger partial charge is 0.0744 e. The first-order chi connectivity index (χ1) is 10.6. The van der Waals surface area contributed by atoms with Crippen LogP contribution in [0.1, 0.15) is 54.2 Å². The normalized spacial score (nSPS) is 12.3. The van der Waals surface area contributed by atoms with Gasteiger partial charge in [0.2, 0.25) is 0 Å². The Morgan fingerprint density at radius 3 is 2.04 bits per heavy atom. The summed E-state index contributed by atoms with van der Waals surface area (Å²) in [6.45, 7) is 18.0. The number of benzene rings is 2. The molecule has 0 aliphatic carbocycles. The summed E-state index contributed by atoms with van der Waals surface area (Å²) >= 11 is 0. The van der Waals surface area contributed by atoms with Crippen LogP contribution in [0, 0.1) is 34.6 Å². The van der Waals surface area contributed by atoms with E-state index in [0.29, 0.717) is 0 Å². The minimum atomic E-state index is 0.0755. The van der Waals surface area contributed by atoms with Gasteiger partial charge in [0.1, 0.15) is 0 Å². The molecule has 0 aliphatic rings. The summed E-state index contributed by atoms with van der Waals surface area (Å²) in [5, 5.41) is 2.66. The van der Waals surface area contributed by atoms with E-state index in [0.717, 1.165) is 11.0 Å². The Morgan fingerprint density at radius 1 is 0.783 bits per heavy atom. The van der Waals surface area contributed by atoms with Crippen LogP contribution in [0.5, 0.6) is 0 Å². The monoisotopic (exact) mass is 305 g/mol. The van der Waals surface area contributed by atoms with Gasteiger partial charge in [-0.3, -0.25) is 0 Å². The number of aromatic nitrogens is 1. The lowest BCUT2D eigenvalue weighted by Gasteiger charge is -2.26. The molecule has 0 fully saturated rings. The number of nitrogens with zero attached hydrogens (tertiary/aromatic N) is 1. The third-order valence-electron chi connectivity index (χ3n) is 5.34. The van der Waals surface area contributed by atoms with Gasteiger partial charge in [0.05, 0.1) is 11.0 Å². The van der Waals surface area contributed by atoms with Crippen molar-refractivity contribution in [1.82, 2.24) is 4.98 Å². The number of hydrogen-bond donors (Lipinski definition) is 0. The summed E-state index contributed by atoms with van der Waals surface area (Å²) in [6, 6.07) is 6.72. The minimum Gasteiger partial charge on any atom is -0.247 e. The molecule has 0 unspecified atom stereocenters. The van der Waals surface area contributed by atoms with Gasteiger partial charge in [-0.1, -0.05) is 26.8 Å². The fraction of sp³-hybridized carbons (Fsp3) is 0.409. The highest BCUT2D eigenvalue weighted by atomic mass is 14.7. The highest BCUT2D eigenvalue weighted by Crippen LogP contribution is 2.39. The first-order valence-corrected chi connectivity index (χ1v) is 8.44. The zero-order valence-electron chi connectivity index (χ0n) is 15.7. The standard InChI is InChI=1S/C22H27N/c1-12-9-10-18-19(15(12)4)20(22(6,7)8)17-11-13(2)14(3)16(5)21(17)23-18/h9-11H,1-8H3. The maximum Gasteiger partial charge on any atom is 0.0744 e. The van der Waals surface area contributed by atoms with Crippen molar-refractivity contribution >= 4 is 21.8 Å². The van der Waals surface area contributed by atoms with Gasteiger partial charge in [0, 0.05) is 10.8 Å². The summed E-state index contributed by atoms with van der Waals surface area (Å²) < 4.78 is 0. The zero-order chi connectivity index (χ0) is 17.1.